The highest BCUT2D eigenvalue weighted by molar-refractivity contribution is 7.99. The van der Waals surface area contributed by atoms with Crippen LogP contribution in [-0.2, 0) is 0 Å². The number of pyridine rings is 1. The van der Waals surface area contributed by atoms with Crippen LogP contribution in [0.2, 0.25) is 0 Å². The second kappa shape index (κ2) is 4.92. The third-order valence-electron chi connectivity index (χ3n) is 1.95. The van der Waals surface area contributed by atoms with Gasteiger partial charge in [0.05, 0.1) is 0 Å². The van der Waals surface area contributed by atoms with Crippen molar-refractivity contribution in [3.63, 3.8) is 0 Å². The molecule has 2 aromatic heterocycles. The van der Waals surface area contributed by atoms with Crippen molar-refractivity contribution in [1.82, 2.24) is 15.0 Å². The number of nitrogen functional groups attached to an aromatic ring is 1. The van der Waals surface area contributed by atoms with Crippen molar-refractivity contribution in [1.29, 1.82) is 5.41 Å². The minimum absolute atomic E-state index is 0.0442. The number of hydrogen-bond donors (Lipinski definition) is 2. The van der Waals surface area contributed by atoms with E-state index in [1.54, 1.807) is 24.5 Å². The molecule has 5 nitrogen and oxygen atoms in total. The summed E-state index contributed by atoms with van der Waals surface area (Å²) in [4.78, 5) is 12.6. The van der Waals surface area contributed by atoms with E-state index in [-0.39, 0.29) is 5.84 Å². The van der Waals surface area contributed by atoms with E-state index in [1.807, 2.05) is 13.0 Å². The van der Waals surface area contributed by atoms with Gasteiger partial charge in [-0.25, -0.2) is 15.0 Å². The number of nitrogens with one attached hydrogen (secondary N) is 1. The molecule has 2 aromatic rings. The van der Waals surface area contributed by atoms with Crippen LogP contribution in [0.15, 0.2) is 40.8 Å². The van der Waals surface area contributed by atoms with Gasteiger partial charge in [0.2, 0.25) is 0 Å². The van der Waals surface area contributed by atoms with Crippen molar-refractivity contribution in [2.75, 3.05) is 0 Å². The van der Waals surface area contributed by atoms with Gasteiger partial charge >= 0.3 is 0 Å². The Labute approximate surface area is 103 Å². The van der Waals surface area contributed by atoms with E-state index < -0.39 is 0 Å². The second-order valence-electron chi connectivity index (χ2n) is 3.42. The molecule has 0 saturated heterocycles. The summed E-state index contributed by atoms with van der Waals surface area (Å²) in [5.74, 6) is -0.0442. The Balaban J connectivity index is 2.21. The summed E-state index contributed by atoms with van der Waals surface area (Å²) in [6.07, 6.45) is 3.51. The standard InChI is InChI=1S/C11H11N5S/c1-7-5-14-11(15-6-7)17-9-4-2-3-8(16-9)10(12)13/h2-6H,1H3,(H3,12,13). The van der Waals surface area contributed by atoms with Gasteiger partial charge in [0, 0.05) is 12.4 Å². The van der Waals surface area contributed by atoms with Gasteiger partial charge in [-0.2, -0.15) is 0 Å². The fraction of sp³-hybridized carbons (Fsp3) is 0.0909. The molecule has 0 aromatic carbocycles. The van der Waals surface area contributed by atoms with Crippen LogP contribution in [0.3, 0.4) is 0 Å². The lowest BCUT2D eigenvalue weighted by atomic mass is 10.3. The highest BCUT2D eigenvalue weighted by atomic mass is 32.2. The average Bonchev–Trinajstić information content (AvgIpc) is 2.32. The normalized spacial score (nSPS) is 10.2. The summed E-state index contributed by atoms with van der Waals surface area (Å²) < 4.78 is 0. The number of hydrogen-bond acceptors (Lipinski definition) is 5. The Kier molecular flexibility index (Phi) is 3.34. The number of nitrogens with zero attached hydrogens (tertiary/aromatic N) is 3. The van der Waals surface area contributed by atoms with Crippen LogP contribution in [0, 0.1) is 12.3 Å². The summed E-state index contributed by atoms with van der Waals surface area (Å²) in [7, 11) is 0. The van der Waals surface area contributed by atoms with E-state index >= 15 is 0 Å². The van der Waals surface area contributed by atoms with E-state index in [9.17, 15) is 0 Å². The molecule has 0 saturated carbocycles. The van der Waals surface area contributed by atoms with Gasteiger partial charge in [0.1, 0.15) is 16.6 Å². The maximum atomic E-state index is 7.31. The van der Waals surface area contributed by atoms with Gasteiger partial charge in [-0.05, 0) is 36.4 Å². The molecular weight excluding hydrogens is 234 g/mol. The Hall–Kier alpha value is -1.95. The molecule has 2 heterocycles. The number of nitrogens with two attached hydrogens (primary N) is 1. The first-order valence-corrected chi connectivity index (χ1v) is 5.75. The Bertz CT molecular complexity index is 538. The lowest BCUT2D eigenvalue weighted by Crippen LogP contribution is -2.13. The lowest BCUT2D eigenvalue weighted by molar-refractivity contribution is 0.944. The maximum absolute atomic E-state index is 7.31. The first-order valence-electron chi connectivity index (χ1n) is 4.93. The number of rotatable bonds is 3. The molecule has 86 valence electrons. The van der Waals surface area contributed by atoms with Crippen molar-refractivity contribution in [2.45, 2.75) is 17.1 Å². The van der Waals surface area contributed by atoms with Gasteiger partial charge < -0.3 is 5.73 Å². The largest absolute Gasteiger partial charge is 0.382 e. The monoisotopic (exact) mass is 245 g/mol. The third kappa shape index (κ3) is 3.01. The Morgan fingerprint density at radius 3 is 2.65 bits per heavy atom. The molecule has 6 heteroatoms. The molecule has 0 aliphatic heterocycles. The van der Waals surface area contributed by atoms with Gasteiger partial charge in [0.15, 0.2) is 5.16 Å². The van der Waals surface area contributed by atoms with Crippen molar-refractivity contribution < 1.29 is 0 Å². The zero-order valence-electron chi connectivity index (χ0n) is 9.21. The van der Waals surface area contributed by atoms with E-state index in [0.717, 1.165) is 10.6 Å². The summed E-state index contributed by atoms with van der Waals surface area (Å²) in [6.45, 7) is 1.93. The quantitative estimate of drug-likeness (QED) is 0.487. The molecule has 17 heavy (non-hydrogen) atoms. The zero-order chi connectivity index (χ0) is 12.3. The number of aryl methyl sites for hydroxylation is 1. The molecule has 0 radical (unpaired) electrons. The predicted molar refractivity (Wildman–Crippen MR) is 66.1 cm³/mol. The van der Waals surface area contributed by atoms with Crippen LogP contribution in [0.5, 0.6) is 0 Å². The summed E-state index contributed by atoms with van der Waals surface area (Å²) in [5, 5.41) is 8.67. The third-order valence-corrected chi connectivity index (χ3v) is 2.78. The minimum Gasteiger partial charge on any atom is -0.382 e. The van der Waals surface area contributed by atoms with Crippen LogP contribution in [0.25, 0.3) is 0 Å². The first kappa shape index (κ1) is 11.5. The topological polar surface area (TPSA) is 88.5 Å². The first-order chi connectivity index (χ1) is 8.15. The second-order valence-corrected chi connectivity index (χ2v) is 4.41. The Morgan fingerprint density at radius 2 is 2.00 bits per heavy atom. The molecule has 0 spiro atoms. The van der Waals surface area contributed by atoms with Crippen LogP contribution in [-0.4, -0.2) is 20.8 Å². The van der Waals surface area contributed by atoms with Crippen LogP contribution in [0.4, 0.5) is 0 Å². The van der Waals surface area contributed by atoms with Crippen LogP contribution in [0.1, 0.15) is 11.3 Å². The lowest BCUT2D eigenvalue weighted by Gasteiger charge is -2.02. The predicted octanol–water partition coefficient (Wildman–Crippen LogP) is 1.62. The van der Waals surface area contributed by atoms with Crippen molar-refractivity contribution in [2.24, 2.45) is 5.73 Å². The van der Waals surface area contributed by atoms with E-state index in [1.165, 1.54) is 11.8 Å². The van der Waals surface area contributed by atoms with Crippen molar-refractivity contribution >= 4 is 17.6 Å². The van der Waals surface area contributed by atoms with Crippen molar-refractivity contribution in [3.8, 4) is 0 Å². The molecule has 0 bridgehead atoms. The maximum Gasteiger partial charge on any atom is 0.193 e. The SMILES string of the molecule is Cc1cnc(Sc2cccc(C(=N)N)n2)nc1. The van der Waals surface area contributed by atoms with Crippen LogP contribution < -0.4 is 5.73 Å². The molecule has 3 N–H and O–H groups in total. The molecule has 2 rings (SSSR count). The summed E-state index contributed by atoms with van der Waals surface area (Å²) in [5.41, 5.74) is 6.85. The van der Waals surface area contributed by atoms with Crippen LogP contribution >= 0.6 is 11.8 Å². The molecule has 0 atom stereocenters. The molecule has 0 amide bonds. The summed E-state index contributed by atoms with van der Waals surface area (Å²) in [6, 6.07) is 5.34. The molecule has 0 fully saturated rings. The van der Waals surface area contributed by atoms with Crippen molar-refractivity contribution in [3.05, 3.63) is 41.9 Å². The van der Waals surface area contributed by atoms with E-state index in [0.29, 0.717) is 10.9 Å². The Morgan fingerprint density at radius 1 is 1.29 bits per heavy atom. The highest BCUT2D eigenvalue weighted by Gasteiger charge is 2.04. The van der Waals surface area contributed by atoms with Gasteiger partial charge in [0.25, 0.3) is 0 Å². The molecule has 0 aliphatic carbocycles. The molecular formula is C11H11N5S. The van der Waals surface area contributed by atoms with E-state index in [4.69, 9.17) is 11.1 Å². The fourth-order valence-electron chi connectivity index (χ4n) is 1.15. The minimum atomic E-state index is -0.0442. The smallest absolute Gasteiger partial charge is 0.193 e. The van der Waals surface area contributed by atoms with Gasteiger partial charge in [-0.3, -0.25) is 5.41 Å². The zero-order valence-corrected chi connectivity index (χ0v) is 10.0. The average molecular weight is 245 g/mol. The number of aromatic nitrogens is 3. The fourth-order valence-corrected chi connectivity index (χ4v) is 1.84. The van der Waals surface area contributed by atoms with E-state index in [2.05, 4.69) is 15.0 Å². The summed E-state index contributed by atoms with van der Waals surface area (Å²) >= 11 is 1.34. The molecule has 0 aliphatic rings. The van der Waals surface area contributed by atoms with Gasteiger partial charge in [-0.1, -0.05) is 6.07 Å². The molecule has 0 unspecified atom stereocenters. The number of amidine groups is 1. The van der Waals surface area contributed by atoms with Gasteiger partial charge in [-0.15, -0.1) is 0 Å². The highest BCUT2D eigenvalue weighted by Crippen LogP contribution is 2.22.